The molecule has 35 heavy (non-hydrogen) atoms. The smallest absolute Gasteiger partial charge is 0.323 e. The quantitative estimate of drug-likeness (QED) is 0.402. The van der Waals surface area contributed by atoms with E-state index in [0.717, 1.165) is 49.0 Å². The molecule has 1 N–H and O–H groups in total. The number of carbonyl (C=O) groups excluding carboxylic acids is 2. The molecule has 5 nitrogen and oxygen atoms in total. The van der Waals surface area contributed by atoms with Crippen LogP contribution in [0.15, 0.2) is 72.8 Å². The Balaban J connectivity index is 1.24. The normalized spacial score (nSPS) is 15.7. The van der Waals surface area contributed by atoms with Crippen LogP contribution in [-0.4, -0.2) is 42.5 Å². The summed E-state index contributed by atoms with van der Waals surface area (Å²) in [6.07, 6.45) is 2.63. The van der Waals surface area contributed by atoms with Crippen molar-refractivity contribution in [2.45, 2.75) is 38.8 Å². The molecule has 1 unspecified atom stereocenters. The maximum Gasteiger partial charge on any atom is 0.323 e. The van der Waals surface area contributed by atoms with Crippen LogP contribution in [0, 0.1) is 0 Å². The number of esters is 1. The molecule has 0 bridgehead atoms. The van der Waals surface area contributed by atoms with Gasteiger partial charge in [-0.15, -0.1) is 0 Å². The number of hydrogen-bond donors (Lipinski definition) is 1. The number of rotatable bonds is 9. The zero-order valence-corrected chi connectivity index (χ0v) is 20.8. The maximum absolute atomic E-state index is 12.5. The van der Waals surface area contributed by atoms with Gasteiger partial charge in [0.15, 0.2) is 0 Å². The second-order valence-electron chi connectivity index (χ2n) is 8.79. The van der Waals surface area contributed by atoms with Crippen molar-refractivity contribution >= 4 is 23.5 Å². The number of hydrogen-bond acceptors (Lipinski definition) is 4. The van der Waals surface area contributed by atoms with Gasteiger partial charge in [0.1, 0.15) is 6.04 Å². The van der Waals surface area contributed by atoms with Gasteiger partial charge in [-0.2, -0.15) is 0 Å². The van der Waals surface area contributed by atoms with Gasteiger partial charge in [0.25, 0.3) is 5.91 Å². The molecule has 1 saturated heterocycles. The Kier molecular flexibility index (Phi) is 8.56. The SMILES string of the molecule is CCOC(=O)C1CCCN1Cc1ccc(CCNC(=O)c2ccc(-c3ccc(Cl)cc3)cc2)cc1. The molecular weight excluding hydrogens is 460 g/mol. The standard InChI is InChI=1S/C29H31ClN2O3/c1-2-35-29(34)27-4-3-19-32(27)20-22-7-5-21(6-8-22)17-18-31-28(33)25-11-9-23(10-12-25)24-13-15-26(30)16-14-24/h5-16,27H,2-4,17-20H2,1H3,(H,31,33). The summed E-state index contributed by atoms with van der Waals surface area (Å²) in [6.45, 7) is 4.48. The molecular formula is C29H31ClN2O3. The third kappa shape index (κ3) is 6.71. The van der Waals surface area contributed by atoms with Crippen molar-refractivity contribution in [2.24, 2.45) is 0 Å². The predicted molar refractivity (Wildman–Crippen MR) is 139 cm³/mol. The number of nitrogens with one attached hydrogen (secondary N) is 1. The number of benzene rings is 3. The van der Waals surface area contributed by atoms with E-state index in [4.69, 9.17) is 16.3 Å². The van der Waals surface area contributed by atoms with Crippen LogP contribution >= 0.6 is 11.6 Å². The minimum atomic E-state index is -0.134. The first-order valence-corrected chi connectivity index (χ1v) is 12.5. The summed E-state index contributed by atoms with van der Waals surface area (Å²) in [5.41, 5.74) is 5.08. The largest absolute Gasteiger partial charge is 0.465 e. The Labute approximate surface area is 212 Å². The lowest BCUT2D eigenvalue weighted by molar-refractivity contribution is -0.148. The van der Waals surface area contributed by atoms with Gasteiger partial charge in [-0.25, -0.2) is 0 Å². The minimum absolute atomic E-state index is 0.0803. The van der Waals surface area contributed by atoms with E-state index >= 15 is 0 Å². The van der Waals surface area contributed by atoms with Crippen molar-refractivity contribution in [3.8, 4) is 11.1 Å². The Bertz CT molecular complexity index is 1130. The molecule has 1 aliphatic rings. The molecule has 0 spiro atoms. The number of ether oxygens (including phenoxy) is 1. The fraction of sp³-hybridized carbons (Fsp3) is 0.310. The second-order valence-corrected chi connectivity index (χ2v) is 9.22. The molecule has 182 valence electrons. The van der Waals surface area contributed by atoms with E-state index < -0.39 is 0 Å². The van der Waals surface area contributed by atoms with Crippen LogP contribution in [0.4, 0.5) is 0 Å². The van der Waals surface area contributed by atoms with Crippen molar-refractivity contribution in [3.05, 3.63) is 94.5 Å². The molecule has 1 atom stereocenters. The van der Waals surface area contributed by atoms with E-state index in [2.05, 4.69) is 34.5 Å². The lowest BCUT2D eigenvalue weighted by Gasteiger charge is -2.22. The fourth-order valence-corrected chi connectivity index (χ4v) is 4.57. The highest BCUT2D eigenvalue weighted by Crippen LogP contribution is 2.23. The molecule has 0 aromatic heterocycles. The van der Waals surface area contributed by atoms with Gasteiger partial charge in [0.2, 0.25) is 0 Å². The molecule has 1 heterocycles. The van der Waals surface area contributed by atoms with Gasteiger partial charge in [-0.1, -0.05) is 60.1 Å². The molecule has 3 aromatic carbocycles. The number of halogens is 1. The van der Waals surface area contributed by atoms with Crippen molar-refractivity contribution in [1.82, 2.24) is 10.2 Å². The van der Waals surface area contributed by atoms with Crippen LogP contribution in [0.5, 0.6) is 0 Å². The number of nitrogens with zero attached hydrogens (tertiary/aromatic N) is 1. The fourth-order valence-electron chi connectivity index (χ4n) is 4.45. The zero-order valence-electron chi connectivity index (χ0n) is 20.0. The summed E-state index contributed by atoms with van der Waals surface area (Å²) in [7, 11) is 0. The van der Waals surface area contributed by atoms with Crippen molar-refractivity contribution < 1.29 is 14.3 Å². The molecule has 1 amide bonds. The van der Waals surface area contributed by atoms with Crippen LogP contribution in [-0.2, 0) is 22.5 Å². The lowest BCUT2D eigenvalue weighted by atomic mass is 10.0. The molecule has 0 aliphatic carbocycles. The van der Waals surface area contributed by atoms with E-state index in [-0.39, 0.29) is 17.9 Å². The molecule has 1 fully saturated rings. The highest BCUT2D eigenvalue weighted by atomic mass is 35.5. The Hall–Kier alpha value is -3.15. The number of amides is 1. The molecule has 3 aromatic rings. The second kappa shape index (κ2) is 12.0. The van der Waals surface area contributed by atoms with Crippen LogP contribution in [0.25, 0.3) is 11.1 Å². The van der Waals surface area contributed by atoms with E-state index in [1.165, 1.54) is 5.56 Å². The van der Waals surface area contributed by atoms with Crippen LogP contribution in [0.3, 0.4) is 0 Å². The lowest BCUT2D eigenvalue weighted by Crippen LogP contribution is -2.36. The first kappa shape index (κ1) is 25.0. The van der Waals surface area contributed by atoms with E-state index in [1.807, 2.05) is 55.5 Å². The maximum atomic E-state index is 12.5. The summed E-state index contributed by atoms with van der Waals surface area (Å²) < 4.78 is 5.22. The van der Waals surface area contributed by atoms with Gasteiger partial charge in [0.05, 0.1) is 6.61 Å². The summed E-state index contributed by atoms with van der Waals surface area (Å²) >= 11 is 5.96. The molecule has 0 saturated carbocycles. The first-order chi connectivity index (χ1) is 17.0. The minimum Gasteiger partial charge on any atom is -0.465 e. The Morgan fingerprint density at radius 2 is 1.57 bits per heavy atom. The zero-order chi connectivity index (χ0) is 24.6. The molecule has 0 radical (unpaired) electrons. The summed E-state index contributed by atoms with van der Waals surface area (Å²) in [4.78, 5) is 26.9. The highest BCUT2D eigenvalue weighted by Gasteiger charge is 2.31. The molecule has 6 heteroatoms. The highest BCUT2D eigenvalue weighted by molar-refractivity contribution is 6.30. The summed E-state index contributed by atoms with van der Waals surface area (Å²) in [5.74, 6) is -0.194. The van der Waals surface area contributed by atoms with Gasteiger partial charge >= 0.3 is 5.97 Å². The van der Waals surface area contributed by atoms with Crippen molar-refractivity contribution in [3.63, 3.8) is 0 Å². The predicted octanol–water partition coefficient (Wildman–Crippen LogP) is 5.51. The average Bonchev–Trinajstić information content (AvgIpc) is 3.34. The van der Waals surface area contributed by atoms with Gasteiger partial charge in [-0.05, 0) is 79.3 Å². The third-order valence-corrected chi connectivity index (χ3v) is 6.61. The number of carbonyl (C=O) groups is 2. The van der Waals surface area contributed by atoms with E-state index in [9.17, 15) is 9.59 Å². The monoisotopic (exact) mass is 490 g/mol. The Morgan fingerprint density at radius 3 is 2.23 bits per heavy atom. The topological polar surface area (TPSA) is 58.6 Å². The van der Waals surface area contributed by atoms with Crippen molar-refractivity contribution in [1.29, 1.82) is 0 Å². The van der Waals surface area contributed by atoms with Crippen LogP contribution in [0.2, 0.25) is 5.02 Å². The van der Waals surface area contributed by atoms with Crippen LogP contribution < -0.4 is 5.32 Å². The van der Waals surface area contributed by atoms with Gasteiger partial charge < -0.3 is 10.1 Å². The van der Waals surface area contributed by atoms with Crippen LogP contribution in [0.1, 0.15) is 41.3 Å². The van der Waals surface area contributed by atoms with Gasteiger partial charge in [0, 0.05) is 23.7 Å². The molecule has 1 aliphatic heterocycles. The van der Waals surface area contributed by atoms with E-state index in [1.54, 1.807) is 0 Å². The Morgan fingerprint density at radius 1 is 0.943 bits per heavy atom. The van der Waals surface area contributed by atoms with Crippen molar-refractivity contribution in [2.75, 3.05) is 19.7 Å². The summed E-state index contributed by atoms with van der Waals surface area (Å²) in [6, 6.07) is 23.5. The van der Waals surface area contributed by atoms with E-state index in [0.29, 0.717) is 23.7 Å². The molecule has 4 rings (SSSR count). The van der Waals surface area contributed by atoms with Gasteiger partial charge in [-0.3, -0.25) is 14.5 Å². The average molecular weight is 491 g/mol. The third-order valence-electron chi connectivity index (χ3n) is 6.35. The summed E-state index contributed by atoms with van der Waals surface area (Å²) in [5, 5.41) is 3.70. The first-order valence-electron chi connectivity index (χ1n) is 12.2. The number of likely N-dealkylation sites (tertiary alicyclic amines) is 1.